The minimum Gasteiger partial charge on any atom is -0.342 e. The fourth-order valence-corrected chi connectivity index (χ4v) is 3.89. The molecule has 0 unspecified atom stereocenters. The van der Waals surface area contributed by atoms with Crippen LogP contribution in [0, 0.1) is 0 Å². The van der Waals surface area contributed by atoms with E-state index in [2.05, 4.69) is 77.4 Å². The first-order valence-corrected chi connectivity index (χ1v) is 10.6. The highest BCUT2D eigenvalue weighted by atomic mass is 79.9. The second kappa shape index (κ2) is 8.76. The minimum absolute atomic E-state index is 0.257. The lowest BCUT2D eigenvalue weighted by molar-refractivity contribution is 0.0954. The molecule has 0 bridgehead atoms. The fraction of sp³-hybridized carbons (Fsp3) is 0.0435. The molecular weight excluding hydrogens is 494 g/mol. The molecule has 4 nitrogen and oxygen atoms in total. The van der Waals surface area contributed by atoms with Gasteiger partial charge in [0.2, 0.25) is 0 Å². The first kappa shape index (κ1) is 19.6. The quantitative estimate of drug-likeness (QED) is 0.260. The van der Waals surface area contributed by atoms with Crippen LogP contribution in [-0.4, -0.2) is 16.7 Å². The van der Waals surface area contributed by atoms with Gasteiger partial charge in [-0.15, -0.1) is 0 Å². The van der Waals surface area contributed by atoms with Crippen LogP contribution in [0.3, 0.4) is 0 Å². The van der Waals surface area contributed by atoms with E-state index in [4.69, 9.17) is 0 Å². The van der Waals surface area contributed by atoms with Crippen LogP contribution in [0.2, 0.25) is 0 Å². The number of fused-ring (bicyclic) bond motifs is 1. The zero-order chi connectivity index (χ0) is 20.2. The highest BCUT2D eigenvalue weighted by Crippen LogP contribution is 2.22. The normalized spacial score (nSPS) is 11.2. The molecule has 1 heterocycles. The third-order valence-electron chi connectivity index (χ3n) is 4.57. The molecule has 0 radical (unpaired) electrons. The van der Waals surface area contributed by atoms with E-state index in [9.17, 15) is 4.79 Å². The van der Waals surface area contributed by atoms with Crippen molar-refractivity contribution in [2.75, 3.05) is 0 Å². The van der Waals surface area contributed by atoms with Gasteiger partial charge in [0.1, 0.15) is 0 Å². The number of para-hydroxylation sites is 1. The zero-order valence-electron chi connectivity index (χ0n) is 15.3. The smallest absolute Gasteiger partial charge is 0.272 e. The van der Waals surface area contributed by atoms with Gasteiger partial charge in [-0.3, -0.25) is 4.79 Å². The molecule has 0 atom stereocenters. The van der Waals surface area contributed by atoms with Gasteiger partial charge in [-0.25, -0.2) is 5.43 Å². The highest BCUT2D eigenvalue weighted by molar-refractivity contribution is 9.10. The van der Waals surface area contributed by atoms with Crippen molar-refractivity contribution in [2.45, 2.75) is 6.54 Å². The first-order valence-electron chi connectivity index (χ1n) is 9.02. The van der Waals surface area contributed by atoms with E-state index in [1.165, 1.54) is 5.56 Å². The average Bonchev–Trinajstić information content (AvgIpc) is 3.08. The third-order valence-corrected chi connectivity index (χ3v) is 5.79. The van der Waals surface area contributed by atoms with E-state index < -0.39 is 0 Å². The number of carbonyl (C=O) groups excluding carboxylic acids is 1. The number of benzene rings is 3. The molecule has 0 saturated carbocycles. The van der Waals surface area contributed by atoms with Crippen molar-refractivity contribution in [3.8, 4) is 0 Å². The standard InChI is InChI=1S/C23H17Br2N3O/c24-18-11-9-16(10-12-18)14-28-15-17(19-5-2-4-8-22(19)28)13-26-27-23(29)20-6-1-3-7-21(20)25/h1-13,15H,14H2,(H,27,29)/b26-13+. The van der Waals surface area contributed by atoms with Gasteiger partial charge >= 0.3 is 0 Å². The van der Waals surface area contributed by atoms with Gasteiger partial charge in [-0.05, 0) is 51.8 Å². The summed E-state index contributed by atoms with van der Waals surface area (Å²) in [5.41, 5.74) is 6.42. The summed E-state index contributed by atoms with van der Waals surface area (Å²) >= 11 is 6.86. The number of hydrogen-bond acceptors (Lipinski definition) is 2. The summed E-state index contributed by atoms with van der Waals surface area (Å²) in [7, 11) is 0. The molecule has 0 aliphatic heterocycles. The molecule has 1 amide bonds. The van der Waals surface area contributed by atoms with Crippen LogP contribution in [-0.2, 0) is 6.54 Å². The van der Waals surface area contributed by atoms with E-state index in [-0.39, 0.29) is 5.91 Å². The maximum absolute atomic E-state index is 12.3. The van der Waals surface area contributed by atoms with Crippen LogP contribution < -0.4 is 5.43 Å². The molecule has 4 rings (SSSR count). The van der Waals surface area contributed by atoms with Crippen molar-refractivity contribution in [3.63, 3.8) is 0 Å². The van der Waals surface area contributed by atoms with Crippen molar-refractivity contribution < 1.29 is 4.79 Å². The van der Waals surface area contributed by atoms with Gasteiger partial charge in [0.25, 0.3) is 5.91 Å². The second-order valence-corrected chi connectivity index (χ2v) is 8.30. The van der Waals surface area contributed by atoms with Gasteiger partial charge in [0, 0.05) is 38.2 Å². The summed E-state index contributed by atoms with van der Waals surface area (Å²) in [5.74, 6) is -0.257. The lowest BCUT2D eigenvalue weighted by Crippen LogP contribution is -2.18. The van der Waals surface area contributed by atoms with E-state index in [1.807, 2.05) is 42.5 Å². The average molecular weight is 511 g/mol. The summed E-state index contributed by atoms with van der Waals surface area (Å²) in [6.45, 7) is 0.755. The Kier molecular flexibility index (Phi) is 5.92. The molecule has 1 N–H and O–H groups in total. The van der Waals surface area contributed by atoms with Crippen LogP contribution >= 0.6 is 31.9 Å². The number of halogens is 2. The number of rotatable bonds is 5. The largest absolute Gasteiger partial charge is 0.342 e. The molecular formula is C23H17Br2N3O. The van der Waals surface area contributed by atoms with E-state index >= 15 is 0 Å². The number of hydrazone groups is 1. The topological polar surface area (TPSA) is 46.4 Å². The third kappa shape index (κ3) is 4.49. The summed E-state index contributed by atoms with van der Waals surface area (Å²) < 4.78 is 3.99. The number of carbonyl (C=O) groups is 1. The number of nitrogens with zero attached hydrogens (tertiary/aromatic N) is 2. The Balaban J connectivity index is 1.57. The molecule has 0 aliphatic carbocycles. The SMILES string of the molecule is O=C(N/N=C/c1cn(Cc2ccc(Br)cc2)c2ccccc12)c1ccccc1Br. The lowest BCUT2D eigenvalue weighted by Gasteiger charge is -2.05. The van der Waals surface area contributed by atoms with Crippen LogP contribution in [0.15, 0.2) is 93.0 Å². The number of nitrogens with one attached hydrogen (secondary N) is 1. The van der Waals surface area contributed by atoms with Crippen LogP contribution in [0.1, 0.15) is 21.5 Å². The highest BCUT2D eigenvalue weighted by Gasteiger charge is 2.09. The van der Waals surface area contributed by atoms with Crippen LogP contribution in [0.25, 0.3) is 10.9 Å². The lowest BCUT2D eigenvalue weighted by atomic mass is 10.2. The molecule has 1 aromatic heterocycles. The van der Waals surface area contributed by atoms with Crippen molar-refractivity contribution in [3.05, 3.63) is 105 Å². The molecule has 6 heteroatoms. The molecule has 0 spiro atoms. The Bertz CT molecular complexity index is 1200. The van der Waals surface area contributed by atoms with Crippen molar-refractivity contribution >= 4 is 54.9 Å². The number of aromatic nitrogens is 1. The van der Waals surface area contributed by atoms with Gasteiger partial charge in [-0.1, -0.05) is 58.4 Å². The predicted molar refractivity (Wildman–Crippen MR) is 124 cm³/mol. The second-order valence-electron chi connectivity index (χ2n) is 6.53. The minimum atomic E-state index is -0.257. The fourth-order valence-electron chi connectivity index (χ4n) is 3.16. The van der Waals surface area contributed by atoms with E-state index in [0.717, 1.165) is 32.0 Å². The summed E-state index contributed by atoms with van der Waals surface area (Å²) in [5, 5.41) is 5.26. The van der Waals surface area contributed by atoms with Crippen molar-refractivity contribution in [1.29, 1.82) is 0 Å². The van der Waals surface area contributed by atoms with Crippen LogP contribution in [0.5, 0.6) is 0 Å². The van der Waals surface area contributed by atoms with Crippen molar-refractivity contribution in [1.82, 2.24) is 9.99 Å². The summed E-state index contributed by atoms with van der Waals surface area (Å²) in [6, 6.07) is 23.7. The van der Waals surface area contributed by atoms with E-state index in [0.29, 0.717) is 5.56 Å². The van der Waals surface area contributed by atoms with E-state index in [1.54, 1.807) is 12.3 Å². The first-order chi connectivity index (χ1) is 14.1. The Morgan fingerprint density at radius 3 is 2.48 bits per heavy atom. The molecule has 29 heavy (non-hydrogen) atoms. The zero-order valence-corrected chi connectivity index (χ0v) is 18.5. The molecule has 0 saturated heterocycles. The molecule has 144 valence electrons. The van der Waals surface area contributed by atoms with Gasteiger partial charge in [-0.2, -0.15) is 5.10 Å². The molecule has 4 aromatic rings. The van der Waals surface area contributed by atoms with Crippen molar-refractivity contribution in [2.24, 2.45) is 5.10 Å². The van der Waals surface area contributed by atoms with Crippen LogP contribution in [0.4, 0.5) is 0 Å². The molecule has 0 fully saturated rings. The summed E-state index contributed by atoms with van der Waals surface area (Å²) in [6.07, 6.45) is 3.75. The monoisotopic (exact) mass is 509 g/mol. The van der Waals surface area contributed by atoms with Gasteiger partial charge in [0.05, 0.1) is 11.8 Å². The molecule has 0 aliphatic rings. The Morgan fingerprint density at radius 2 is 1.69 bits per heavy atom. The summed E-state index contributed by atoms with van der Waals surface area (Å²) in [4.78, 5) is 12.3. The predicted octanol–water partition coefficient (Wildman–Crippen LogP) is 5.98. The number of amides is 1. The Labute approximate surface area is 185 Å². The molecule has 3 aromatic carbocycles. The Hall–Kier alpha value is -2.70. The number of hydrogen-bond donors (Lipinski definition) is 1. The Morgan fingerprint density at radius 1 is 0.966 bits per heavy atom. The maximum Gasteiger partial charge on any atom is 0.272 e. The van der Waals surface area contributed by atoms with Gasteiger partial charge in [0.15, 0.2) is 0 Å². The maximum atomic E-state index is 12.3. The van der Waals surface area contributed by atoms with Gasteiger partial charge < -0.3 is 4.57 Å².